The number of carbonyl (C=O) groups excluding carboxylic acids is 1. The lowest BCUT2D eigenvalue weighted by molar-refractivity contribution is 0.237. The quantitative estimate of drug-likeness (QED) is 0.886. The lowest BCUT2D eigenvalue weighted by atomic mass is 10.1. The summed E-state index contributed by atoms with van der Waals surface area (Å²) < 4.78 is 1.84. The van der Waals surface area contributed by atoms with Crippen molar-refractivity contribution in [1.29, 1.82) is 0 Å². The summed E-state index contributed by atoms with van der Waals surface area (Å²) in [5.41, 5.74) is 5.27. The number of benzene rings is 1. The lowest BCUT2D eigenvalue weighted by Gasteiger charge is -2.16. The first-order valence-electron chi connectivity index (χ1n) is 8.10. The Bertz CT molecular complexity index is 720. The average molecular weight is 329 g/mol. The summed E-state index contributed by atoms with van der Waals surface area (Å²) in [7, 11) is 5.91. The fourth-order valence-electron chi connectivity index (χ4n) is 2.86. The highest BCUT2D eigenvalue weighted by Crippen LogP contribution is 2.20. The summed E-state index contributed by atoms with van der Waals surface area (Å²) in [4.78, 5) is 14.2. The van der Waals surface area contributed by atoms with Crippen LogP contribution in [0.2, 0.25) is 0 Å². The fourth-order valence-corrected chi connectivity index (χ4v) is 2.86. The Balaban J connectivity index is 1.95. The van der Waals surface area contributed by atoms with Gasteiger partial charge in [-0.3, -0.25) is 4.68 Å². The molecule has 0 radical (unpaired) electrons. The molecule has 0 aliphatic rings. The number of carbonyl (C=O) groups is 1. The van der Waals surface area contributed by atoms with Crippen LogP contribution < -0.4 is 15.5 Å². The predicted octanol–water partition coefficient (Wildman–Crippen LogP) is 2.66. The standard InChI is InChI=1S/C18H27N5O/c1-12(17-13(2)21-23(6)14(17)3)20-18(24)19-11-15-8-7-9-16(10-15)22(4)5/h7-10,12H,11H2,1-6H3,(H2,19,20,24). The van der Waals surface area contributed by atoms with Gasteiger partial charge in [0.05, 0.1) is 11.7 Å². The minimum atomic E-state index is -0.180. The lowest BCUT2D eigenvalue weighted by Crippen LogP contribution is -2.37. The third-order valence-electron chi connectivity index (χ3n) is 4.23. The zero-order valence-electron chi connectivity index (χ0n) is 15.3. The Hall–Kier alpha value is -2.50. The Kier molecular flexibility index (Phi) is 5.49. The second-order valence-electron chi connectivity index (χ2n) is 6.32. The summed E-state index contributed by atoms with van der Waals surface area (Å²) in [6.45, 7) is 6.44. The smallest absolute Gasteiger partial charge is 0.315 e. The molecule has 1 heterocycles. The Morgan fingerprint density at radius 3 is 2.62 bits per heavy atom. The molecule has 1 aromatic heterocycles. The van der Waals surface area contributed by atoms with Gasteiger partial charge in [-0.25, -0.2) is 4.79 Å². The molecule has 2 N–H and O–H groups in total. The first kappa shape index (κ1) is 17.8. The van der Waals surface area contributed by atoms with Gasteiger partial charge in [0.25, 0.3) is 0 Å². The van der Waals surface area contributed by atoms with Crippen LogP contribution in [0, 0.1) is 13.8 Å². The van der Waals surface area contributed by atoms with Crippen LogP contribution in [0.4, 0.5) is 10.5 Å². The Morgan fingerprint density at radius 1 is 1.33 bits per heavy atom. The summed E-state index contributed by atoms with van der Waals surface area (Å²) >= 11 is 0. The van der Waals surface area contributed by atoms with Gasteiger partial charge in [-0.2, -0.15) is 5.10 Å². The van der Waals surface area contributed by atoms with Crippen molar-refractivity contribution in [1.82, 2.24) is 20.4 Å². The van der Waals surface area contributed by atoms with E-state index in [4.69, 9.17) is 0 Å². The molecule has 0 saturated carbocycles. The zero-order chi connectivity index (χ0) is 17.9. The van der Waals surface area contributed by atoms with Crippen molar-refractivity contribution < 1.29 is 4.79 Å². The fraction of sp³-hybridized carbons (Fsp3) is 0.444. The molecule has 2 rings (SSSR count). The molecule has 2 amide bonds. The molecule has 0 aliphatic carbocycles. The molecule has 0 fully saturated rings. The van der Waals surface area contributed by atoms with E-state index in [2.05, 4.69) is 21.8 Å². The van der Waals surface area contributed by atoms with Crippen molar-refractivity contribution >= 4 is 11.7 Å². The van der Waals surface area contributed by atoms with Crippen LogP contribution in [0.5, 0.6) is 0 Å². The molecule has 24 heavy (non-hydrogen) atoms. The van der Waals surface area contributed by atoms with Crippen molar-refractivity contribution in [3.8, 4) is 0 Å². The molecule has 130 valence electrons. The second-order valence-corrected chi connectivity index (χ2v) is 6.32. The van der Waals surface area contributed by atoms with Crippen molar-refractivity contribution in [2.45, 2.75) is 33.4 Å². The maximum atomic E-state index is 12.2. The molecule has 2 aromatic rings. The highest BCUT2D eigenvalue weighted by atomic mass is 16.2. The number of nitrogens with zero attached hydrogens (tertiary/aromatic N) is 3. The van der Waals surface area contributed by atoms with Crippen LogP contribution >= 0.6 is 0 Å². The predicted molar refractivity (Wildman–Crippen MR) is 97.2 cm³/mol. The molecule has 0 saturated heterocycles. The summed E-state index contributed by atoms with van der Waals surface area (Å²) in [5.74, 6) is 0. The van der Waals surface area contributed by atoms with Gasteiger partial charge >= 0.3 is 6.03 Å². The van der Waals surface area contributed by atoms with E-state index >= 15 is 0 Å². The summed E-state index contributed by atoms with van der Waals surface area (Å²) in [5, 5.41) is 10.3. The molecule has 0 bridgehead atoms. The van der Waals surface area contributed by atoms with E-state index in [0.717, 1.165) is 28.2 Å². The number of aromatic nitrogens is 2. The molecule has 6 heteroatoms. The van der Waals surface area contributed by atoms with E-state index in [1.165, 1.54) is 0 Å². The highest BCUT2D eigenvalue weighted by Gasteiger charge is 2.17. The van der Waals surface area contributed by atoms with Crippen molar-refractivity contribution in [2.24, 2.45) is 7.05 Å². The zero-order valence-corrected chi connectivity index (χ0v) is 15.3. The van der Waals surface area contributed by atoms with E-state index in [0.29, 0.717) is 6.54 Å². The van der Waals surface area contributed by atoms with Gasteiger partial charge in [-0.1, -0.05) is 12.1 Å². The van der Waals surface area contributed by atoms with Gasteiger partial charge in [-0.15, -0.1) is 0 Å². The minimum Gasteiger partial charge on any atom is -0.378 e. The van der Waals surface area contributed by atoms with Crippen LogP contribution in [-0.4, -0.2) is 29.9 Å². The number of amides is 2. The molecule has 0 aliphatic heterocycles. The molecule has 1 aromatic carbocycles. The van der Waals surface area contributed by atoms with Crippen LogP contribution in [0.3, 0.4) is 0 Å². The summed E-state index contributed by atoms with van der Waals surface area (Å²) in [6.07, 6.45) is 0. The Labute approximate surface area is 143 Å². The SMILES string of the molecule is Cc1nn(C)c(C)c1C(C)NC(=O)NCc1cccc(N(C)C)c1. The number of aryl methyl sites for hydroxylation is 2. The number of hydrogen-bond acceptors (Lipinski definition) is 3. The van der Waals surface area contributed by atoms with Gasteiger partial charge < -0.3 is 15.5 Å². The van der Waals surface area contributed by atoms with E-state index in [-0.39, 0.29) is 12.1 Å². The normalized spacial score (nSPS) is 11.9. The molecule has 1 atom stereocenters. The maximum absolute atomic E-state index is 12.2. The van der Waals surface area contributed by atoms with Crippen LogP contribution in [0.25, 0.3) is 0 Å². The number of anilines is 1. The van der Waals surface area contributed by atoms with Crippen molar-refractivity contribution in [3.63, 3.8) is 0 Å². The van der Waals surface area contributed by atoms with Gasteiger partial charge in [-0.05, 0) is 38.5 Å². The summed E-state index contributed by atoms with van der Waals surface area (Å²) in [6, 6.07) is 7.84. The number of rotatable bonds is 5. The minimum absolute atomic E-state index is 0.0909. The average Bonchev–Trinajstić information content (AvgIpc) is 2.78. The van der Waals surface area contributed by atoms with Crippen molar-refractivity contribution in [3.05, 3.63) is 46.8 Å². The third-order valence-corrected chi connectivity index (χ3v) is 4.23. The van der Waals surface area contributed by atoms with Crippen LogP contribution in [0.1, 0.15) is 35.5 Å². The van der Waals surface area contributed by atoms with E-state index in [1.807, 2.05) is 69.7 Å². The molecular formula is C18H27N5O. The monoisotopic (exact) mass is 329 g/mol. The number of hydrogen-bond donors (Lipinski definition) is 2. The van der Waals surface area contributed by atoms with Gasteiger partial charge in [0.15, 0.2) is 0 Å². The van der Waals surface area contributed by atoms with Gasteiger partial charge in [0, 0.05) is 44.6 Å². The molecule has 0 spiro atoms. The van der Waals surface area contributed by atoms with Gasteiger partial charge in [0.1, 0.15) is 0 Å². The van der Waals surface area contributed by atoms with E-state index in [9.17, 15) is 4.79 Å². The topological polar surface area (TPSA) is 62.2 Å². The maximum Gasteiger partial charge on any atom is 0.315 e. The number of urea groups is 1. The third kappa shape index (κ3) is 4.07. The van der Waals surface area contributed by atoms with Crippen molar-refractivity contribution in [2.75, 3.05) is 19.0 Å². The Morgan fingerprint density at radius 2 is 2.04 bits per heavy atom. The molecule has 6 nitrogen and oxygen atoms in total. The molecular weight excluding hydrogens is 302 g/mol. The largest absolute Gasteiger partial charge is 0.378 e. The molecule has 1 unspecified atom stereocenters. The van der Waals surface area contributed by atoms with E-state index in [1.54, 1.807) is 0 Å². The van der Waals surface area contributed by atoms with E-state index < -0.39 is 0 Å². The second kappa shape index (κ2) is 7.38. The van der Waals surface area contributed by atoms with Crippen LogP contribution in [-0.2, 0) is 13.6 Å². The van der Waals surface area contributed by atoms with Gasteiger partial charge in [0.2, 0.25) is 0 Å². The highest BCUT2D eigenvalue weighted by molar-refractivity contribution is 5.74. The van der Waals surface area contributed by atoms with Crippen LogP contribution in [0.15, 0.2) is 24.3 Å². The first-order valence-corrected chi connectivity index (χ1v) is 8.10. The number of nitrogens with one attached hydrogen (secondary N) is 2. The first-order chi connectivity index (χ1) is 11.3.